The topological polar surface area (TPSA) is 153 Å². The maximum atomic E-state index is 10.0. The Labute approximate surface area is 125 Å². The molecule has 0 fully saturated rings. The highest BCUT2D eigenvalue weighted by Gasteiger charge is 2.08. The number of aliphatic carboxylic acids is 2. The van der Waals surface area contributed by atoms with Gasteiger partial charge in [0.25, 0.3) is 0 Å². The number of carboxylic acids is 2. The van der Waals surface area contributed by atoms with Crippen LogP contribution in [0.5, 0.6) is 0 Å². The van der Waals surface area contributed by atoms with Gasteiger partial charge in [0, 0.05) is 6.42 Å². The number of unbranched alkanes of at least 4 members (excludes halogenated alkanes) is 1. The highest BCUT2D eigenvalue weighted by atomic mass is 35.5. The van der Waals surface area contributed by atoms with E-state index in [2.05, 4.69) is 0 Å². The minimum Gasteiger partial charge on any atom is -0.481 e. The molecule has 0 rings (SSSR count). The first-order chi connectivity index (χ1) is 7.95. The molecule has 0 saturated carbocycles. The quantitative estimate of drug-likeness (QED) is 0.399. The third-order valence-electron chi connectivity index (χ3n) is 1.88. The summed E-state index contributed by atoms with van der Waals surface area (Å²) in [6, 6.07) is -0.742. The van der Waals surface area contributed by atoms with Gasteiger partial charge < -0.3 is 27.4 Å². The third-order valence-corrected chi connectivity index (χ3v) is 1.88. The number of carboxylic acid groups (broad SMARTS) is 2. The average Bonchev–Trinajstić information content (AvgIpc) is 2.26. The highest BCUT2D eigenvalue weighted by molar-refractivity contribution is 5.85. The minimum atomic E-state index is -0.955. The van der Waals surface area contributed by atoms with Crippen molar-refractivity contribution in [1.29, 1.82) is 0 Å². The van der Waals surface area contributed by atoms with E-state index < -0.39 is 18.0 Å². The normalized spacial score (nSPS) is 10.1. The fourth-order valence-electron chi connectivity index (χ4n) is 0.882. The van der Waals surface area contributed by atoms with E-state index in [1.54, 1.807) is 0 Å². The Morgan fingerprint density at radius 1 is 0.947 bits per heavy atom. The van der Waals surface area contributed by atoms with Crippen LogP contribution in [0.15, 0.2) is 0 Å². The smallest absolute Gasteiger partial charge is 0.320 e. The summed E-state index contributed by atoms with van der Waals surface area (Å²) >= 11 is 0. The average molecular weight is 322 g/mol. The molecule has 8 N–H and O–H groups in total. The molecule has 0 spiro atoms. The molecule has 0 radical (unpaired) electrons. The zero-order valence-electron chi connectivity index (χ0n) is 10.8. The van der Waals surface area contributed by atoms with Gasteiger partial charge >= 0.3 is 11.9 Å². The maximum absolute atomic E-state index is 10.0. The molecule has 0 aromatic rings. The van der Waals surface area contributed by atoms with Crippen molar-refractivity contribution in [1.82, 2.24) is 0 Å². The molecule has 0 aliphatic heterocycles. The van der Waals surface area contributed by atoms with Crippen LogP contribution in [0.3, 0.4) is 0 Å². The minimum absolute atomic E-state index is 0. The summed E-state index contributed by atoms with van der Waals surface area (Å²) < 4.78 is 0. The lowest BCUT2D eigenvalue weighted by Crippen LogP contribution is -2.30. The Morgan fingerprint density at radius 3 is 1.74 bits per heavy atom. The summed E-state index contributed by atoms with van der Waals surface area (Å²) in [5.41, 5.74) is 15.4. The van der Waals surface area contributed by atoms with Gasteiger partial charge in [0.15, 0.2) is 0 Å². The van der Waals surface area contributed by atoms with Gasteiger partial charge in [-0.3, -0.25) is 9.59 Å². The van der Waals surface area contributed by atoms with Crippen molar-refractivity contribution in [3.63, 3.8) is 0 Å². The highest BCUT2D eigenvalue weighted by Crippen LogP contribution is 1.91. The second-order valence-electron chi connectivity index (χ2n) is 3.52. The van der Waals surface area contributed by atoms with E-state index >= 15 is 0 Å². The van der Waals surface area contributed by atoms with Crippen molar-refractivity contribution < 1.29 is 19.8 Å². The van der Waals surface area contributed by atoms with Crippen molar-refractivity contribution >= 4 is 36.8 Å². The zero-order valence-corrected chi connectivity index (χ0v) is 12.4. The molecule has 0 aromatic heterocycles. The number of halogens is 2. The van der Waals surface area contributed by atoms with Crippen LogP contribution >= 0.6 is 24.8 Å². The molecular formula is C10H25Cl2N3O4. The summed E-state index contributed by atoms with van der Waals surface area (Å²) in [7, 11) is 0. The van der Waals surface area contributed by atoms with Gasteiger partial charge in [-0.1, -0.05) is 0 Å². The summed E-state index contributed by atoms with van der Waals surface area (Å²) in [6.45, 7) is 1.09. The van der Waals surface area contributed by atoms with Crippen molar-refractivity contribution in [3.8, 4) is 0 Å². The van der Waals surface area contributed by atoms with E-state index in [0.717, 1.165) is 6.42 Å². The summed E-state index contributed by atoms with van der Waals surface area (Å²) in [5.74, 6) is -1.69. The number of hydrogen-bond donors (Lipinski definition) is 5. The van der Waals surface area contributed by atoms with Crippen molar-refractivity contribution in [2.24, 2.45) is 17.2 Å². The van der Waals surface area contributed by atoms with E-state index in [9.17, 15) is 9.59 Å². The monoisotopic (exact) mass is 321 g/mol. The molecule has 0 unspecified atom stereocenters. The van der Waals surface area contributed by atoms with E-state index in [1.165, 1.54) is 0 Å². The molecule has 0 aromatic carbocycles. The molecule has 0 heterocycles. The summed E-state index contributed by atoms with van der Waals surface area (Å²) in [5, 5.41) is 16.3. The van der Waals surface area contributed by atoms with Gasteiger partial charge in [-0.2, -0.15) is 0 Å². The number of nitrogens with two attached hydrogens (primary N) is 3. The molecule has 0 aliphatic carbocycles. The molecule has 7 nitrogen and oxygen atoms in total. The van der Waals surface area contributed by atoms with Crippen LogP contribution in [-0.2, 0) is 9.59 Å². The second-order valence-corrected chi connectivity index (χ2v) is 3.52. The molecule has 118 valence electrons. The summed E-state index contributed by atoms with van der Waals surface area (Å²) in [4.78, 5) is 19.9. The van der Waals surface area contributed by atoms with E-state index in [1.807, 2.05) is 0 Å². The number of rotatable bonds is 8. The molecule has 0 bridgehead atoms. The van der Waals surface area contributed by atoms with Crippen molar-refractivity contribution in [3.05, 3.63) is 0 Å². The van der Waals surface area contributed by atoms with Crippen LogP contribution in [0, 0.1) is 0 Å². The van der Waals surface area contributed by atoms with Crippen molar-refractivity contribution in [2.45, 2.75) is 38.1 Å². The van der Waals surface area contributed by atoms with Crippen LogP contribution in [-0.4, -0.2) is 41.3 Å². The van der Waals surface area contributed by atoms with E-state index in [-0.39, 0.29) is 31.2 Å². The zero-order chi connectivity index (χ0) is 13.7. The third kappa shape index (κ3) is 26.8. The van der Waals surface area contributed by atoms with E-state index in [0.29, 0.717) is 32.4 Å². The first-order valence-corrected chi connectivity index (χ1v) is 5.56. The molecule has 19 heavy (non-hydrogen) atoms. The van der Waals surface area contributed by atoms with Gasteiger partial charge in [-0.25, -0.2) is 0 Å². The Kier molecular flexibility index (Phi) is 27.9. The molecule has 0 amide bonds. The molecular weight excluding hydrogens is 297 g/mol. The van der Waals surface area contributed by atoms with Gasteiger partial charge in [-0.05, 0) is 38.8 Å². The second kappa shape index (κ2) is 19.7. The fraction of sp³-hybridized carbons (Fsp3) is 0.800. The van der Waals surface area contributed by atoms with Crippen LogP contribution < -0.4 is 17.2 Å². The largest absolute Gasteiger partial charge is 0.481 e. The lowest BCUT2D eigenvalue weighted by molar-refractivity contribution is -0.139. The van der Waals surface area contributed by atoms with E-state index in [4.69, 9.17) is 27.4 Å². The number of hydrogen-bond acceptors (Lipinski definition) is 5. The Hall–Kier alpha value is -0.600. The standard InChI is InChI=1S/C5H12N2O2.C5H11NO2.2ClH/c6-3-1-2-4(7)5(8)9;6-4-2-1-3-5(7)8;;/h4H,1-3,6-7H2,(H,8,9);1-4,6H2,(H,7,8);2*1H/t4-;;;/m1.../s1. The lowest BCUT2D eigenvalue weighted by atomic mass is 10.2. The summed E-state index contributed by atoms with van der Waals surface area (Å²) in [6.07, 6.45) is 2.90. The number of carbonyl (C=O) groups is 2. The van der Waals surface area contributed by atoms with Gasteiger partial charge in [-0.15, -0.1) is 24.8 Å². The molecule has 0 saturated heterocycles. The predicted molar refractivity (Wildman–Crippen MR) is 78.9 cm³/mol. The van der Waals surface area contributed by atoms with Crippen LogP contribution in [0.1, 0.15) is 32.1 Å². The molecule has 1 atom stereocenters. The lowest BCUT2D eigenvalue weighted by Gasteiger charge is -2.02. The van der Waals surface area contributed by atoms with Crippen LogP contribution in [0.4, 0.5) is 0 Å². The van der Waals surface area contributed by atoms with Gasteiger partial charge in [0.1, 0.15) is 6.04 Å². The predicted octanol–water partition coefficient (Wildman–Crippen LogP) is 0.181. The molecule has 0 aliphatic rings. The van der Waals surface area contributed by atoms with Gasteiger partial charge in [0.2, 0.25) is 0 Å². The van der Waals surface area contributed by atoms with Gasteiger partial charge in [0.05, 0.1) is 0 Å². The first-order valence-electron chi connectivity index (χ1n) is 5.56. The van der Waals surface area contributed by atoms with Crippen molar-refractivity contribution in [2.75, 3.05) is 13.1 Å². The fourth-order valence-corrected chi connectivity index (χ4v) is 0.882. The SMILES string of the molecule is Cl.Cl.NCCCCC(=O)O.NCCC[C@@H](N)C(=O)O. The van der Waals surface area contributed by atoms with Crippen LogP contribution in [0.2, 0.25) is 0 Å². The maximum Gasteiger partial charge on any atom is 0.320 e. The Bertz CT molecular complexity index is 221. The molecule has 9 heteroatoms. The first kappa shape index (κ1) is 26.9. The Morgan fingerprint density at radius 2 is 1.42 bits per heavy atom. The Balaban J connectivity index is -0.000000108. The van der Waals surface area contributed by atoms with Crippen LogP contribution in [0.25, 0.3) is 0 Å².